The van der Waals surface area contributed by atoms with E-state index < -0.39 is 0 Å². The first-order chi connectivity index (χ1) is 10.3. The Morgan fingerprint density at radius 2 is 2.19 bits per heavy atom. The largest absolute Gasteiger partial charge is 0.497 e. The first-order valence-corrected chi connectivity index (χ1v) is 8.40. The average molecular weight is 288 g/mol. The summed E-state index contributed by atoms with van der Waals surface area (Å²) in [6, 6.07) is 7.18. The highest BCUT2D eigenvalue weighted by Crippen LogP contribution is 2.26. The van der Waals surface area contributed by atoms with Gasteiger partial charge in [-0.15, -0.1) is 0 Å². The van der Waals surface area contributed by atoms with E-state index in [2.05, 4.69) is 35.3 Å². The minimum atomic E-state index is 0.639. The van der Waals surface area contributed by atoms with Crippen molar-refractivity contribution in [1.82, 2.24) is 10.2 Å². The molecule has 1 heterocycles. The summed E-state index contributed by atoms with van der Waals surface area (Å²) in [5.74, 6) is 1.83. The van der Waals surface area contributed by atoms with Gasteiger partial charge in [0.25, 0.3) is 0 Å². The SMILES string of the molecule is CCN1CCC(CNC2CCc3ccc(OC)cc3C2)C1. The molecule has 1 fully saturated rings. The van der Waals surface area contributed by atoms with Crippen LogP contribution in [0, 0.1) is 5.92 Å². The molecule has 0 aromatic heterocycles. The van der Waals surface area contributed by atoms with Crippen LogP contribution in [0.25, 0.3) is 0 Å². The van der Waals surface area contributed by atoms with Gasteiger partial charge in [-0.2, -0.15) is 0 Å². The van der Waals surface area contributed by atoms with E-state index >= 15 is 0 Å². The summed E-state index contributed by atoms with van der Waals surface area (Å²) in [6.45, 7) is 7.21. The minimum Gasteiger partial charge on any atom is -0.497 e. The van der Waals surface area contributed by atoms with Gasteiger partial charge >= 0.3 is 0 Å². The molecule has 1 aliphatic heterocycles. The van der Waals surface area contributed by atoms with Crippen molar-refractivity contribution >= 4 is 0 Å². The number of aryl methyl sites for hydroxylation is 1. The highest BCUT2D eigenvalue weighted by atomic mass is 16.5. The van der Waals surface area contributed by atoms with Crippen molar-refractivity contribution in [3.8, 4) is 5.75 Å². The maximum absolute atomic E-state index is 5.35. The number of hydrogen-bond acceptors (Lipinski definition) is 3. The van der Waals surface area contributed by atoms with E-state index in [1.54, 1.807) is 7.11 Å². The summed E-state index contributed by atoms with van der Waals surface area (Å²) < 4.78 is 5.35. The molecule has 0 amide bonds. The Morgan fingerprint density at radius 1 is 1.29 bits per heavy atom. The van der Waals surface area contributed by atoms with Crippen LogP contribution in [-0.2, 0) is 12.8 Å². The molecule has 0 bridgehead atoms. The van der Waals surface area contributed by atoms with Gasteiger partial charge in [-0.3, -0.25) is 0 Å². The van der Waals surface area contributed by atoms with Crippen LogP contribution in [0.15, 0.2) is 18.2 Å². The summed E-state index contributed by atoms with van der Waals surface area (Å²) in [4.78, 5) is 2.56. The van der Waals surface area contributed by atoms with E-state index in [1.807, 2.05) is 0 Å². The van der Waals surface area contributed by atoms with Gasteiger partial charge in [0.2, 0.25) is 0 Å². The zero-order valence-corrected chi connectivity index (χ0v) is 13.4. The number of benzene rings is 1. The number of nitrogens with one attached hydrogen (secondary N) is 1. The Labute approximate surface area is 128 Å². The van der Waals surface area contributed by atoms with Gasteiger partial charge in [0.15, 0.2) is 0 Å². The molecule has 2 unspecified atom stereocenters. The fraction of sp³-hybridized carbons (Fsp3) is 0.667. The normalized spacial score (nSPS) is 25.8. The molecule has 1 aliphatic carbocycles. The van der Waals surface area contributed by atoms with E-state index in [-0.39, 0.29) is 0 Å². The Bertz CT molecular complexity index is 474. The molecule has 21 heavy (non-hydrogen) atoms. The van der Waals surface area contributed by atoms with Gasteiger partial charge in [-0.05, 0) is 74.5 Å². The molecular formula is C18H28N2O. The van der Waals surface area contributed by atoms with Gasteiger partial charge in [0.05, 0.1) is 7.11 Å². The third-order valence-corrected chi connectivity index (χ3v) is 5.15. The molecular weight excluding hydrogens is 260 g/mol. The minimum absolute atomic E-state index is 0.639. The molecule has 0 saturated carbocycles. The zero-order chi connectivity index (χ0) is 14.7. The summed E-state index contributed by atoms with van der Waals surface area (Å²) in [6.07, 6.45) is 4.97. The number of hydrogen-bond donors (Lipinski definition) is 1. The molecule has 116 valence electrons. The van der Waals surface area contributed by atoms with Gasteiger partial charge in [0.1, 0.15) is 5.75 Å². The summed E-state index contributed by atoms with van der Waals surface area (Å²) in [5, 5.41) is 3.82. The van der Waals surface area contributed by atoms with E-state index in [0.717, 1.165) is 18.1 Å². The highest BCUT2D eigenvalue weighted by molar-refractivity contribution is 5.37. The van der Waals surface area contributed by atoms with Crippen LogP contribution in [0.3, 0.4) is 0 Å². The number of methoxy groups -OCH3 is 1. The Kier molecular flexibility index (Phi) is 4.81. The van der Waals surface area contributed by atoms with Crippen molar-refractivity contribution in [2.75, 3.05) is 33.3 Å². The predicted molar refractivity (Wildman–Crippen MR) is 87.0 cm³/mol. The first-order valence-electron chi connectivity index (χ1n) is 8.40. The van der Waals surface area contributed by atoms with E-state index in [1.165, 1.54) is 56.6 Å². The van der Waals surface area contributed by atoms with Crippen molar-refractivity contribution in [3.05, 3.63) is 29.3 Å². The second-order valence-corrected chi connectivity index (χ2v) is 6.53. The van der Waals surface area contributed by atoms with Gasteiger partial charge in [-0.1, -0.05) is 13.0 Å². The zero-order valence-electron chi connectivity index (χ0n) is 13.4. The van der Waals surface area contributed by atoms with Gasteiger partial charge in [0, 0.05) is 12.6 Å². The highest BCUT2D eigenvalue weighted by Gasteiger charge is 2.23. The van der Waals surface area contributed by atoms with E-state index in [9.17, 15) is 0 Å². The fourth-order valence-corrected chi connectivity index (χ4v) is 3.73. The maximum Gasteiger partial charge on any atom is 0.119 e. The van der Waals surface area contributed by atoms with Crippen LogP contribution in [-0.4, -0.2) is 44.2 Å². The monoisotopic (exact) mass is 288 g/mol. The lowest BCUT2D eigenvalue weighted by molar-refractivity contribution is 0.331. The lowest BCUT2D eigenvalue weighted by Gasteiger charge is -2.27. The van der Waals surface area contributed by atoms with Crippen molar-refractivity contribution in [1.29, 1.82) is 0 Å². The van der Waals surface area contributed by atoms with E-state index in [0.29, 0.717) is 6.04 Å². The molecule has 2 atom stereocenters. The quantitative estimate of drug-likeness (QED) is 0.901. The summed E-state index contributed by atoms with van der Waals surface area (Å²) in [7, 11) is 1.75. The lowest BCUT2D eigenvalue weighted by atomic mass is 9.88. The molecule has 3 heteroatoms. The number of fused-ring (bicyclic) bond motifs is 1. The first kappa shape index (κ1) is 14.9. The third kappa shape index (κ3) is 3.58. The smallest absolute Gasteiger partial charge is 0.119 e. The second kappa shape index (κ2) is 6.80. The second-order valence-electron chi connectivity index (χ2n) is 6.53. The van der Waals surface area contributed by atoms with Crippen LogP contribution in [0.1, 0.15) is 30.9 Å². The van der Waals surface area contributed by atoms with Crippen LogP contribution in [0.5, 0.6) is 5.75 Å². The average Bonchev–Trinajstić information content (AvgIpc) is 3.00. The van der Waals surface area contributed by atoms with Crippen molar-refractivity contribution in [3.63, 3.8) is 0 Å². The van der Waals surface area contributed by atoms with Crippen LogP contribution < -0.4 is 10.1 Å². The molecule has 0 spiro atoms. The molecule has 1 aromatic rings. The number of likely N-dealkylation sites (tertiary alicyclic amines) is 1. The molecule has 2 aliphatic rings. The van der Waals surface area contributed by atoms with Crippen LogP contribution >= 0.6 is 0 Å². The van der Waals surface area contributed by atoms with E-state index in [4.69, 9.17) is 4.74 Å². The number of rotatable bonds is 5. The Morgan fingerprint density at radius 3 is 2.95 bits per heavy atom. The number of nitrogens with zero attached hydrogens (tertiary/aromatic N) is 1. The molecule has 3 nitrogen and oxygen atoms in total. The lowest BCUT2D eigenvalue weighted by Crippen LogP contribution is -2.38. The Hall–Kier alpha value is -1.06. The fourth-order valence-electron chi connectivity index (χ4n) is 3.73. The third-order valence-electron chi connectivity index (χ3n) is 5.15. The number of ether oxygens (including phenoxy) is 1. The maximum atomic E-state index is 5.35. The predicted octanol–water partition coefficient (Wildman–Crippen LogP) is 2.48. The molecule has 1 aromatic carbocycles. The van der Waals surface area contributed by atoms with Crippen LogP contribution in [0.4, 0.5) is 0 Å². The van der Waals surface area contributed by atoms with Crippen molar-refractivity contribution in [2.45, 2.75) is 38.6 Å². The van der Waals surface area contributed by atoms with Crippen molar-refractivity contribution < 1.29 is 4.74 Å². The van der Waals surface area contributed by atoms with Gasteiger partial charge in [-0.25, -0.2) is 0 Å². The molecule has 1 N–H and O–H groups in total. The standard InChI is InChI=1S/C18H28N2O/c1-3-20-9-8-14(13-20)12-19-17-6-4-15-5-7-18(21-2)11-16(15)10-17/h5,7,11,14,17,19H,3-4,6,8-10,12-13H2,1-2H3. The summed E-state index contributed by atoms with van der Waals surface area (Å²) in [5.41, 5.74) is 2.98. The molecule has 3 rings (SSSR count). The van der Waals surface area contributed by atoms with Crippen LogP contribution in [0.2, 0.25) is 0 Å². The molecule has 0 radical (unpaired) electrons. The summed E-state index contributed by atoms with van der Waals surface area (Å²) >= 11 is 0. The molecule has 1 saturated heterocycles. The van der Waals surface area contributed by atoms with Gasteiger partial charge < -0.3 is 15.0 Å². The Balaban J connectivity index is 1.52. The topological polar surface area (TPSA) is 24.5 Å². The van der Waals surface area contributed by atoms with Crippen molar-refractivity contribution in [2.24, 2.45) is 5.92 Å².